The number of rotatable bonds is 5. The van der Waals surface area contributed by atoms with Gasteiger partial charge in [0.1, 0.15) is 11.6 Å². The Bertz CT molecular complexity index is 848. The van der Waals surface area contributed by atoms with Crippen molar-refractivity contribution in [2.24, 2.45) is 7.05 Å². The molecule has 0 N–H and O–H groups in total. The van der Waals surface area contributed by atoms with Crippen molar-refractivity contribution in [1.82, 2.24) is 4.57 Å². The number of Topliss-reactive ketones (excluding diaryl/α,β-unsaturated/α-hetero) is 1. The van der Waals surface area contributed by atoms with Gasteiger partial charge in [-0.05, 0) is 23.8 Å². The highest BCUT2D eigenvalue weighted by atomic mass is 19.1. The highest BCUT2D eigenvalue weighted by Crippen LogP contribution is 2.19. The van der Waals surface area contributed by atoms with Crippen LogP contribution in [0.4, 0.5) is 8.78 Å². The Hall–Kier alpha value is -2.75. The van der Waals surface area contributed by atoms with Gasteiger partial charge < -0.3 is 4.57 Å². The number of ketones is 1. The monoisotopic (exact) mass is 325 g/mol. The molecule has 0 atom stereocenters. The van der Waals surface area contributed by atoms with Crippen LogP contribution in [0.5, 0.6) is 0 Å². The third-order valence-corrected chi connectivity index (χ3v) is 4.06. The minimum atomic E-state index is -0.576. The molecule has 122 valence electrons. The van der Waals surface area contributed by atoms with Crippen molar-refractivity contribution in [2.75, 3.05) is 0 Å². The maximum Gasteiger partial charge on any atom is 0.168 e. The van der Waals surface area contributed by atoms with Gasteiger partial charge in [0.15, 0.2) is 5.78 Å². The highest BCUT2D eigenvalue weighted by Gasteiger charge is 2.15. The summed E-state index contributed by atoms with van der Waals surface area (Å²) in [6.45, 7) is 0. The van der Waals surface area contributed by atoms with Crippen molar-refractivity contribution < 1.29 is 13.6 Å². The molecule has 2 nitrogen and oxygen atoms in total. The number of carbonyl (C=O) groups is 1. The first-order valence-electron chi connectivity index (χ1n) is 7.70. The van der Waals surface area contributed by atoms with Crippen molar-refractivity contribution >= 4 is 5.78 Å². The topological polar surface area (TPSA) is 22.0 Å². The number of benzene rings is 2. The molecule has 24 heavy (non-hydrogen) atoms. The van der Waals surface area contributed by atoms with E-state index in [1.165, 1.54) is 18.2 Å². The van der Waals surface area contributed by atoms with Gasteiger partial charge in [-0.15, -0.1) is 0 Å². The van der Waals surface area contributed by atoms with Gasteiger partial charge in [-0.1, -0.05) is 36.4 Å². The summed E-state index contributed by atoms with van der Waals surface area (Å²) in [5.41, 5.74) is 2.19. The Balaban J connectivity index is 1.81. The lowest BCUT2D eigenvalue weighted by atomic mass is 10.0. The summed E-state index contributed by atoms with van der Waals surface area (Å²) in [6, 6.07) is 15.0. The first kappa shape index (κ1) is 16.1. The second-order valence-corrected chi connectivity index (χ2v) is 5.79. The fraction of sp³-hybridized carbons (Fsp3) is 0.150. The summed E-state index contributed by atoms with van der Waals surface area (Å²) >= 11 is 0. The molecule has 2 aromatic carbocycles. The summed E-state index contributed by atoms with van der Waals surface area (Å²) in [7, 11) is 1.77. The van der Waals surface area contributed by atoms with Crippen LogP contribution >= 0.6 is 0 Å². The molecule has 0 aliphatic carbocycles. The van der Waals surface area contributed by atoms with Gasteiger partial charge in [-0.3, -0.25) is 4.79 Å². The number of aryl methyl sites for hydroxylation is 1. The van der Waals surface area contributed by atoms with E-state index < -0.39 is 11.6 Å². The quantitative estimate of drug-likeness (QED) is 0.640. The van der Waals surface area contributed by atoms with Crippen LogP contribution < -0.4 is 0 Å². The number of hydrogen-bond acceptors (Lipinski definition) is 1. The number of carbonyl (C=O) groups excluding carboxylic acids is 1. The molecule has 0 fully saturated rings. The summed E-state index contributed by atoms with van der Waals surface area (Å²) in [5.74, 6) is -1.17. The average molecular weight is 325 g/mol. The van der Waals surface area contributed by atoms with Gasteiger partial charge in [-0.25, -0.2) is 8.78 Å². The van der Waals surface area contributed by atoms with E-state index in [-0.39, 0.29) is 17.8 Å². The first-order valence-corrected chi connectivity index (χ1v) is 7.70. The Morgan fingerprint density at radius 3 is 2.33 bits per heavy atom. The molecule has 1 aromatic heterocycles. The Morgan fingerprint density at radius 1 is 1.00 bits per heavy atom. The van der Waals surface area contributed by atoms with E-state index in [0.717, 1.165) is 5.56 Å². The van der Waals surface area contributed by atoms with Crippen molar-refractivity contribution in [3.63, 3.8) is 0 Å². The van der Waals surface area contributed by atoms with Crippen LogP contribution in [0.1, 0.15) is 27.2 Å². The molecule has 0 aliphatic rings. The summed E-state index contributed by atoms with van der Waals surface area (Å²) in [5, 5.41) is 0. The second-order valence-electron chi connectivity index (χ2n) is 5.79. The molecule has 0 bridgehead atoms. The maximum atomic E-state index is 13.8. The van der Waals surface area contributed by atoms with Gasteiger partial charge in [0, 0.05) is 42.9 Å². The van der Waals surface area contributed by atoms with Crippen LogP contribution in [0.3, 0.4) is 0 Å². The standard InChI is InChI=1S/C20H17F2NO/c1-23-13-15(20(24)10-14-6-3-2-4-7-14)11-16(23)12-17-18(21)8-5-9-19(17)22/h2-9,11,13H,10,12H2,1H3. The zero-order valence-electron chi connectivity index (χ0n) is 13.3. The largest absolute Gasteiger partial charge is 0.353 e. The molecule has 0 unspecified atom stereocenters. The van der Waals surface area contributed by atoms with E-state index in [9.17, 15) is 13.6 Å². The van der Waals surface area contributed by atoms with Crippen LogP contribution in [0.15, 0.2) is 60.8 Å². The Morgan fingerprint density at radius 2 is 1.67 bits per heavy atom. The number of halogens is 2. The molecule has 0 spiro atoms. The van der Waals surface area contributed by atoms with Gasteiger partial charge in [0.25, 0.3) is 0 Å². The molecular weight excluding hydrogens is 308 g/mol. The number of nitrogens with zero attached hydrogens (tertiary/aromatic N) is 1. The number of hydrogen-bond donors (Lipinski definition) is 0. The summed E-state index contributed by atoms with van der Waals surface area (Å²) in [4.78, 5) is 12.4. The van der Waals surface area contributed by atoms with E-state index in [2.05, 4.69) is 0 Å². The minimum absolute atomic E-state index is 0.0146. The van der Waals surface area contributed by atoms with Crippen molar-refractivity contribution in [3.05, 3.63) is 94.8 Å². The van der Waals surface area contributed by atoms with E-state index in [1.54, 1.807) is 23.9 Å². The fourth-order valence-corrected chi connectivity index (χ4v) is 2.70. The van der Waals surface area contributed by atoms with Gasteiger partial charge in [0.2, 0.25) is 0 Å². The van der Waals surface area contributed by atoms with Gasteiger partial charge in [0.05, 0.1) is 0 Å². The molecule has 0 radical (unpaired) electrons. The lowest BCUT2D eigenvalue weighted by molar-refractivity contribution is 0.0993. The molecule has 3 rings (SSSR count). The molecule has 4 heteroatoms. The lowest BCUT2D eigenvalue weighted by Crippen LogP contribution is -2.02. The third kappa shape index (κ3) is 3.43. The van der Waals surface area contributed by atoms with E-state index in [4.69, 9.17) is 0 Å². The van der Waals surface area contributed by atoms with Crippen molar-refractivity contribution in [2.45, 2.75) is 12.8 Å². The average Bonchev–Trinajstić information content (AvgIpc) is 2.93. The van der Waals surface area contributed by atoms with Crippen LogP contribution in [-0.2, 0) is 19.9 Å². The van der Waals surface area contributed by atoms with Crippen LogP contribution in [0.2, 0.25) is 0 Å². The van der Waals surface area contributed by atoms with E-state index in [1.807, 2.05) is 30.3 Å². The molecule has 1 heterocycles. The van der Waals surface area contributed by atoms with Crippen molar-refractivity contribution in [3.8, 4) is 0 Å². The maximum absolute atomic E-state index is 13.8. The first-order chi connectivity index (χ1) is 11.5. The van der Waals surface area contributed by atoms with Crippen LogP contribution in [0, 0.1) is 11.6 Å². The Kier molecular flexibility index (Phi) is 4.56. The zero-order valence-corrected chi connectivity index (χ0v) is 13.3. The lowest BCUT2D eigenvalue weighted by Gasteiger charge is -2.05. The van der Waals surface area contributed by atoms with Crippen molar-refractivity contribution in [1.29, 1.82) is 0 Å². The summed E-state index contributed by atoms with van der Waals surface area (Å²) < 4.78 is 29.3. The predicted octanol–water partition coefficient (Wildman–Crippen LogP) is 4.32. The SMILES string of the molecule is Cn1cc(C(=O)Cc2ccccc2)cc1Cc1c(F)cccc1F. The molecule has 0 saturated heterocycles. The second kappa shape index (κ2) is 6.79. The fourth-order valence-electron chi connectivity index (χ4n) is 2.70. The highest BCUT2D eigenvalue weighted by molar-refractivity contribution is 5.97. The molecule has 0 amide bonds. The van der Waals surface area contributed by atoms with Crippen LogP contribution in [-0.4, -0.2) is 10.4 Å². The van der Waals surface area contributed by atoms with Gasteiger partial charge in [-0.2, -0.15) is 0 Å². The molecule has 3 aromatic rings. The molecule has 0 aliphatic heterocycles. The minimum Gasteiger partial charge on any atom is -0.353 e. The predicted molar refractivity (Wildman–Crippen MR) is 89.1 cm³/mol. The molecular formula is C20H17F2NO. The third-order valence-electron chi connectivity index (χ3n) is 4.06. The zero-order chi connectivity index (χ0) is 17.1. The smallest absolute Gasteiger partial charge is 0.168 e. The number of aromatic nitrogens is 1. The van der Waals surface area contributed by atoms with E-state index in [0.29, 0.717) is 17.7 Å². The van der Waals surface area contributed by atoms with Gasteiger partial charge >= 0.3 is 0 Å². The van der Waals surface area contributed by atoms with E-state index >= 15 is 0 Å². The molecule has 0 saturated carbocycles. The Labute approximate surface area is 139 Å². The van der Waals surface area contributed by atoms with Crippen LogP contribution in [0.25, 0.3) is 0 Å². The normalized spacial score (nSPS) is 10.8. The summed E-state index contributed by atoms with van der Waals surface area (Å²) in [6.07, 6.45) is 2.12.